The van der Waals surface area contributed by atoms with Gasteiger partial charge in [-0.3, -0.25) is 4.79 Å². The van der Waals surface area contributed by atoms with Gasteiger partial charge in [-0.25, -0.2) is 0 Å². The average Bonchev–Trinajstić information content (AvgIpc) is 3.18. The lowest BCUT2D eigenvalue weighted by molar-refractivity contribution is 0.0675. The monoisotopic (exact) mass is 352 g/mol. The number of hydrogen-bond acceptors (Lipinski definition) is 3. The van der Waals surface area contributed by atoms with E-state index in [1.807, 2.05) is 42.2 Å². The number of carbonyl (C=O) groups excluding carboxylic acids is 1. The van der Waals surface area contributed by atoms with Crippen LogP contribution in [0.25, 0.3) is 11.0 Å². The molecule has 136 valence electrons. The molecule has 1 amide bonds. The van der Waals surface area contributed by atoms with E-state index >= 15 is 0 Å². The molecule has 1 aliphatic rings. The molecule has 5 nitrogen and oxygen atoms in total. The number of hydrogen-bond donors (Lipinski definition) is 0. The Kier molecular flexibility index (Phi) is 4.55. The molecule has 4 rings (SSSR count). The van der Waals surface area contributed by atoms with E-state index in [9.17, 15) is 4.79 Å². The van der Waals surface area contributed by atoms with Gasteiger partial charge < -0.3 is 18.6 Å². The van der Waals surface area contributed by atoms with E-state index in [0.717, 1.165) is 35.2 Å². The molecule has 2 aromatic heterocycles. The van der Waals surface area contributed by atoms with Gasteiger partial charge in [-0.1, -0.05) is 18.2 Å². The van der Waals surface area contributed by atoms with Gasteiger partial charge in [-0.2, -0.15) is 0 Å². The van der Waals surface area contributed by atoms with Crippen molar-refractivity contribution in [3.05, 3.63) is 59.6 Å². The normalized spacial score (nSPS) is 17.3. The molecule has 5 heteroatoms. The van der Waals surface area contributed by atoms with Crippen LogP contribution in [0.2, 0.25) is 0 Å². The topological polar surface area (TPSA) is 47.6 Å². The first-order valence-corrected chi connectivity index (χ1v) is 9.07. The van der Waals surface area contributed by atoms with E-state index in [0.29, 0.717) is 31.4 Å². The van der Waals surface area contributed by atoms with Crippen molar-refractivity contribution in [2.24, 2.45) is 5.92 Å². The van der Waals surface area contributed by atoms with Crippen LogP contribution in [0.3, 0.4) is 0 Å². The van der Waals surface area contributed by atoms with E-state index in [1.165, 1.54) is 0 Å². The van der Waals surface area contributed by atoms with Gasteiger partial charge in [0.2, 0.25) is 0 Å². The highest BCUT2D eigenvalue weighted by Crippen LogP contribution is 2.28. The Morgan fingerprint density at radius 1 is 1.23 bits per heavy atom. The van der Waals surface area contributed by atoms with Crippen molar-refractivity contribution in [1.82, 2.24) is 9.47 Å². The van der Waals surface area contributed by atoms with E-state index in [2.05, 4.69) is 16.8 Å². The minimum absolute atomic E-state index is 0.0317. The van der Waals surface area contributed by atoms with Crippen LogP contribution < -0.4 is 0 Å². The number of aryl methyl sites for hydroxylation is 1. The van der Waals surface area contributed by atoms with Crippen LogP contribution >= 0.6 is 0 Å². The maximum Gasteiger partial charge on any atom is 0.290 e. The standard InChI is InChI=1S/C21H24N2O3/c1-15-18-7-3-4-8-19(18)26-20(15)21(24)23-13-16(9-11-25-2)12-22-10-5-6-17(22)14-23/h3-8,10,16H,9,11-14H2,1-2H3/t16-/m1/s1. The lowest BCUT2D eigenvalue weighted by Gasteiger charge is -2.23. The first kappa shape index (κ1) is 16.9. The summed E-state index contributed by atoms with van der Waals surface area (Å²) in [6, 6.07) is 11.9. The summed E-state index contributed by atoms with van der Waals surface area (Å²) >= 11 is 0. The molecule has 0 fully saturated rings. The first-order chi connectivity index (χ1) is 12.7. The number of para-hydroxylation sites is 1. The SMILES string of the molecule is COCC[C@H]1CN(C(=O)c2oc3ccccc3c2C)Cc2cccn2C1. The van der Waals surface area contributed by atoms with Crippen LogP contribution in [0.5, 0.6) is 0 Å². The summed E-state index contributed by atoms with van der Waals surface area (Å²) in [6.45, 7) is 4.88. The second-order valence-electron chi connectivity index (χ2n) is 7.04. The molecular formula is C21H24N2O3. The fourth-order valence-electron chi connectivity index (χ4n) is 3.82. The van der Waals surface area contributed by atoms with E-state index < -0.39 is 0 Å². The lowest BCUT2D eigenvalue weighted by atomic mass is 10.1. The molecule has 1 atom stereocenters. The van der Waals surface area contributed by atoms with Gasteiger partial charge in [0, 0.05) is 49.6 Å². The molecule has 0 radical (unpaired) electrons. The van der Waals surface area contributed by atoms with Crippen LogP contribution in [-0.4, -0.2) is 35.6 Å². The lowest BCUT2D eigenvalue weighted by Crippen LogP contribution is -2.34. The van der Waals surface area contributed by atoms with Gasteiger partial charge in [0.25, 0.3) is 5.91 Å². The molecule has 0 saturated carbocycles. The maximum absolute atomic E-state index is 13.3. The predicted molar refractivity (Wildman–Crippen MR) is 100 cm³/mol. The zero-order chi connectivity index (χ0) is 18.1. The van der Waals surface area contributed by atoms with Gasteiger partial charge in [0.15, 0.2) is 5.76 Å². The number of furan rings is 1. The molecule has 0 N–H and O–H groups in total. The smallest absolute Gasteiger partial charge is 0.290 e. The molecule has 0 unspecified atom stereocenters. The van der Waals surface area contributed by atoms with Crippen molar-refractivity contribution in [3.63, 3.8) is 0 Å². The van der Waals surface area contributed by atoms with Gasteiger partial charge in [0.05, 0.1) is 6.54 Å². The number of benzene rings is 1. The Balaban J connectivity index is 1.66. The van der Waals surface area contributed by atoms with Gasteiger partial charge in [-0.15, -0.1) is 0 Å². The van der Waals surface area contributed by atoms with E-state index in [-0.39, 0.29) is 5.91 Å². The molecule has 0 saturated heterocycles. The Morgan fingerprint density at radius 2 is 2.08 bits per heavy atom. The number of aromatic nitrogens is 1. The highest BCUT2D eigenvalue weighted by Gasteiger charge is 2.28. The molecule has 3 aromatic rings. The molecule has 1 aromatic carbocycles. The minimum atomic E-state index is -0.0317. The number of amides is 1. The van der Waals surface area contributed by atoms with Crippen molar-refractivity contribution in [3.8, 4) is 0 Å². The Labute approximate surface area is 153 Å². The zero-order valence-electron chi connectivity index (χ0n) is 15.3. The van der Waals surface area contributed by atoms with Crippen LogP contribution in [0.15, 0.2) is 47.0 Å². The van der Waals surface area contributed by atoms with Gasteiger partial charge >= 0.3 is 0 Å². The van der Waals surface area contributed by atoms with Crippen molar-refractivity contribution in [2.75, 3.05) is 20.3 Å². The number of carbonyl (C=O) groups is 1. The van der Waals surface area contributed by atoms with Gasteiger partial charge in [0.1, 0.15) is 5.58 Å². The van der Waals surface area contributed by atoms with Crippen LogP contribution in [-0.2, 0) is 17.8 Å². The summed E-state index contributed by atoms with van der Waals surface area (Å²) in [5.41, 5.74) is 2.84. The molecule has 0 spiro atoms. The summed E-state index contributed by atoms with van der Waals surface area (Å²) in [6.07, 6.45) is 3.02. The fourth-order valence-corrected chi connectivity index (χ4v) is 3.82. The van der Waals surface area contributed by atoms with E-state index in [1.54, 1.807) is 7.11 Å². The van der Waals surface area contributed by atoms with Crippen molar-refractivity contribution in [1.29, 1.82) is 0 Å². The molecule has 0 aliphatic carbocycles. The van der Waals surface area contributed by atoms with E-state index in [4.69, 9.17) is 9.15 Å². The quantitative estimate of drug-likeness (QED) is 0.716. The number of nitrogens with zero attached hydrogens (tertiary/aromatic N) is 2. The highest BCUT2D eigenvalue weighted by atomic mass is 16.5. The third-order valence-electron chi connectivity index (χ3n) is 5.27. The number of ether oxygens (including phenoxy) is 1. The summed E-state index contributed by atoms with van der Waals surface area (Å²) in [7, 11) is 1.72. The summed E-state index contributed by atoms with van der Waals surface area (Å²) < 4.78 is 13.4. The molecule has 1 aliphatic heterocycles. The second kappa shape index (κ2) is 7.00. The Morgan fingerprint density at radius 3 is 2.88 bits per heavy atom. The van der Waals surface area contributed by atoms with Crippen molar-refractivity contribution >= 4 is 16.9 Å². The summed E-state index contributed by atoms with van der Waals surface area (Å²) in [5.74, 6) is 0.782. The second-order valence-corrected chi connectivity index (χ2v) is 7.04. The number of fused-ring (bicyclic) bond motifs is 2. The summed E-state index contributed by atoms with van der Waals surface area (Å²) in [5, 5.41) is 1.00. The highest BCUT2D eigenvalue weighted by molar-refractivity contribution is 5.98. The minimum Gasteiger partial charge on any atom is -0.451 e. The Hall–Kier alpha value is -2.53. The maximum atomic E-state index is 13.3. The zero-order valence-corrected chi connectivity index (χ0v) is 15.3. The Bertz CT molecular complexity index is 924. The molecule has 3 heterocycles. The predicted octanol–water partition coefficient (Wildman–Crippen LogP) is 3.85. The third kappa shape index (κ3) is 3.03. The van der Waals surface area contributed by atoms with Crippen molar-refractivity contribution in [2.45, 2.75) is 26.4 Å². The molecule has 26 heavy (non-hydrogen) atoms. The van der Waals surface area contributed by atoms with Crippen LogP contribution in [0, 0.1) is 12.8 Å². The van der Waals surface area contributed by atoms with Crippen LogP contribution in [0.4, 0.5) is 0 Å². The van der Waals surface area contributed by atoms with Gasteiger partial charge in [-0.05, 0) is 37.5 Å². The fraction of sp³-hybridized carbons (Fsp3) is 0.381. The largest absolute Gasteiger partial charge is 0.451 e. The third-order valence-corrected chi connectivity index (χ3v) is 5.27. The van der Waals surface area contributed by atoms with Crippen LogP contribution in [0.1, 0.15) is 28.2 Å². The number of rotatable bonds is 4. The number of methoxy groups -OCH3 is 1. The molecular weight excluding hydrogens is 328 g/mol. The first-order valence-electron chi connectivity index (χ1n) is 9.07. The molecule has 0 bridgehead atoms. The summed E-state index contributed by atoms with van der Waals surface area (Å²) in [4.78, 5) is 15.2. The average molecular weight is 352 g/mol. The van der Waals surface area contributed by atoms with Crippen molar-refractivity contribution < 1.29 is 13.9 Å².